The number of carbonyl (C=O) groups excluding carboxylic acids is 1. The normalized spacial score (nSPS) is 29.7. The first-order valence-corrected chi connectivity index (χ1v) is 6.44. The van der Waals surface area contributed by atoms with E-state index in [1.807, 2.05) is 18.9 Å². The summed E-state index contributed by atoms with van der Waals surface area (Å²) in [6.45, 7) is 6.05. The maximum atomic E-state index is 12.3. The monoisotopic (exact) mass is 255 g/mol. The Hall–Kier alpha value is -1.30. The van der Waals surface area contributed by atoms with Crippen molar-refractivity contribution in [1.82, 2.24) is 14.7 Å². The van der Waals surface area contributed by atoms with E-state index in [0.29, 0.717) is 13.1 Å². The van der Waals surface area contributed by atoms with Gasteiger partial charge in [0.2, 0.25) is 0 Å². The van der Waals surface area contributed by atoms with Crippen molar-refractivity contribution >= 4 is 12.0 Å². The fourth-order valence-electron chi connectivity index (χ4n) is 2.64. The van der Waals surface area contributed by atoms with Gasteiger partial charge < -0.3 is 19.8 Å². The minimum atomic E-state index is -0.795. The quantitative estimate of drug-likeness (QED) is 0.716. The number of amides is 2. The van der Waals surface area contributed by atoms with Crippen LogP contribution in [0.3, 0.4) is 0 Å². The van der Waals surface area contributed by atoms with Crippen molar-refractivity contribution < 1.29 is 14.7 Å². The summed E-state index contributed by atoms with van der Waals surface area (Å²) >= 11 is 0. The number of carbonyl (C=O) groups is 2. The first-order chi connectivity index (χ1) is 8.49. The Kier molecular flexibility index (Phi) is 3.75. The second-order valence-electron chi connectivity index (χ2n) is 5.40. The van der Waals surface area contributed by atoms with E-state index in [2.05, 4.69) is 4.90 Å². The van der Waals surface area contributed by atoms with Crippen molar-refractivity contribution in [2.45, 2.75) is 6.92 Å². The Morgan fingerprint density at radius 2 is 1.67 bits per heavy atom. The molecule has 2 atom stereocenters. The van der Waals surface area contributed by atoms with E-state index in [-0.39, 0.29) is 11.9 Å². The van der Waals surface area contributed by atoms with E-state index >= 15 is 0 Å². The predicted molar refractivity (Wildman–Crippen MR) is 66.3 cm³/mol. The van der Waals surface area contributed by atoms with Gasteiger partial charge in [0.1, 0.15) is 0 Å². The molecule has 0 bridgehead atoms. The first-order valence-electron chi connectivity index (χ1n) is 6.44. The maximum absolute atomic E-state index is 12.3. The molecule has 2 amide bonds. The number of likely N-dealkylation sites (tertiary alicyclic amines) is 1. The lowest BCUT2D eigenvalue weighted by molar-refractivity contribution is -0.142. The Morgan fingerprint density at radius 1 is 1.06 bits per heavy atom. The van der Waals surface area contributed by atoms with Crippen molar-refractivity contribution in [3.63, 3.8) is 0 Å². The van der Waals surface area contributed by atoms with Gasteiger partial charge in [-0.3, -0.25) is 4.79 Å². The number of hydrogen-bond acceptors (Lipinski definition) is 3. The smallest absolute Gasteiger partial charge is 0.320 e. The molecule has 2 aliphatic heterocycles. The molecule has 2 heterocycles. The van der Waals surface area contributed by atoms with Crippen LogP contribution in [0.1, 0.15) is 6.92 Å². The van der Waals surface area contributed by atoms with Gasteiger partial charge in [-0.1, -0.05) is 6.92 Å². The third-order valence-electron chi connectivity index (χ3n) is 3.97. The summed E-state index contributed by atoms with van der Waals surface area (Å²) in [6, 6.07) is -0.00120. The summed E-state index contributed by atoms with van der Waals surface area (Å²) in [7, 11) is 2.04. The van der Waals surface area contributed by atoms with Gasteiger partial charge in [-0.2, -0.15) is 0 Å². The summed E-state index contributed by atoms with van der Waals surface area (Å²) in [5, 5.41) is 9.07. The Labute approximate surface area is 107 Å². The van der Waals surface area contributed by atoms with Crippen molar-refractivity contribution in [2.24, 2.45) is 11.8 Å². The molecular formula is C12H21N3O3. The van der Waals surface area contributed by atoms with Gasteiger partial charge in [-0.05, 0) is 13.0 Å². The molecule has 6 nitrogen and oxygen atoms in total. The van der Waals surface area contributed by atoms with Crippen LogP contribution in [0, 0.1) is 11.8 Å². The molecule has 2 rings (SSSR count). The summed E-state index contributed by atoms with van der Waals surface area (Å²) in [5.74, 6) is -1.17. The molecule has 2 saturated heterocycles. The minimum Gasteiger partial charge on any atom is -0.481 e. The zero-order chi connectivity index (χ0) is 13.3. The molecule has 0 aromatic rings. The maximum Gasteiger partial charge on any atom is 0.320 e. The van der Waals surface area contributed by atoms with E-state index in [4.69, 9.17) is 5.11 Å². The number of aliphatic carboxylic acids is 1. The highest BCUT2D eigenvalue weighted by Crippen LogP contribution is 2.24. The number of carboxylic acid groups (broad SMARTS) is 1. The van der Waals surface area contributed by atoms with Crippen LogP contribution >= 0.6 is 0 Å². The van der Waals surface area contributed by atoms with Crippen molar-refractivity contribution in [3.8, 4) is 0 Å². The molecule has 0 unspecified atom stereocenters. The zero-order valence-electron chi connectivity index (χ0n) is 11.0. The molecule has 0 aromatic carbocycles. The van der Waals surface area contributed by atoms with Crippen LogP contribution in [-0.2, 0) is 4.79 Å². The Morgan fingerprint density at radius 3 is 2.17 bits per heavy atom. The number of piperazine rings is 1. The molecule has 0 aromatic heterocycles. The third kappa shape index (κ3) is 2.58. The second-order valence-corrected chi connectivity index (χ2v) is 5.40. The molecule has 2 aliphatic rings. The number of hydrogen-bond donors (Lipinski definition) is 1. The van der Waals surface area contributed by atoms with Gasteiger partial charge in [0.25, 0.3) is 0 Å². The standard InChI is InChI=1S/C12H21N3O3/c1-9-7-15(8-10(9)11(16)17)12(18)14-5-3-13(2)4-6-14/h9-10H,3-8H2,1-2H3,(H,16,17)/t9-,10-/m1/s1. The van der Waals surface area contributed by atoms with Gasteiger partial charge in [0.15, 0.2) is 0 Å². The lowest BCUT2D eigenvalue weighted by Gasteiger charge is -2.34. The lowest BCUT2D eigenvalue weighted by Crippen LogP contribution is -2.51. The number of rotatable bonds is 1. The van der Waals surface area contributed by atoms with Gasteiger partial charge in [0, 0.05) is 39.3 Å². The van der Waals surface area contributed by atoms with Crippen LogP contribution in [0.2, 0.25) is 0 Å². The third-order valence-corrected chi connectivity index (χ3v) is 3.97. The highest BCUT2D eigenvalue weighted by Gasteiger charge is 2.38. The summed E-state index contributed by atoms with van der Waals surface area (Å²) < 4.78 is 0. The molecule has 6 heteroatoms. The van der Waals surface area contributed by atoms with Gasteiger partial charge >= 0.3 is 12.0 Å². The second kappa shape index (κ2) is 5.14. The van der Waals surface area contributed by atoms with Gasteiger partial charge in [-0.25, -0.2) is 4.79 Å². The molecule has 18 heavy (non-hydrogen) atoms. The average Bonchev–Trinajstić information content (AvgIpc) is 2.71. The summed E-state index contributed by atoms with van der Waals surface area (Å²) in [5.41, 5.74) is 0. The number of likely N-dealkylation sites (N-methyl/N-ethyl adjacent to an activating group) is 1. The van der Waals surface area contributed by atoms with Crippen LogP contribution in [0.25, 0.3) is 0 Å². The SMILES string of the molecule is C[C@@H]1CN(C(=O)N2CCN(C)CC2)C[C@H]1C(=O)O. The first kappa shape index (κ1) is 13.1. The van der Waals surface area contributed by atoms with E-state index < -0.39 is 11.9 Å². The van der Waals surface area contributed by atoms with Gasteiger partial charge in [0.05, 0.1) is 5.92 Å². The number of urea groups is 1. The van der Waals surface area contributed by atoms with Crippen LogP contribution in [0.5, 0.6) is 0 Å². The molecule has 0 spiro atoms. The minimum absolute atomic E-state index is 0.00120. The largest absolute Gasteiger partial charge is 0.481 e. The van der Waals surface area contributed by atoms with E-state index in [1.165, 1.54) is 0 Å². The van der Waals surface area contributed by atoms with Crippen molar-refractivity contribution in [1.29, 1.82) is 0 Å². The summed E-state index contributed by atoms with van der Waals surface area (Å²) in [6.07, 6.45) is 0. The van der Waals surface area contributed by atoms with Crippen molar-refractivity contribution in [3.05, 3.63) is 0 Å². The van der Waals surface area contributed by atoms with Crippen LogP contribution < -0.4 is 0 Å². The Bertz CT molecular complexity index is 339. The zero-order valence-corrected chi connectivity index (χ0v) is 11.0. The van der Waals surface area contributed by atoms with Crippen LogP contribution in [0.15, 0.2) is 0 Å². The van der Waals surface area contributed by atoms with Crippen LogP contribution in [0.4, 0.5) is 4.79 Å². The van der Waals surface area contributed by atoms with Crippen molar-refractivity contribution in [2.75, 3.05) is 46.3 Å². The molecule has 0 aliphatic carbocycles. The number of nitrogens with zero attached hydrogens (tertiary/aromatic N) is 3. The fourth-order valence-corrected chi connectivity index (χ4v) is 2.64. The lowest BCUT2D eigenvalue weighted by atomic mass is 9.99. The highest BCUT2D eigenvalue weighted by atomic mass is 16.4. The molecular weight excluding hydrogens is 234 g/mol. The summed E-state index contributed by atoms with van der Waals surface area (Å²) in [4.78, 5) is 29.0. The van der Waals surface area contributed by atoms with E-state index in [1.54, 1.807) is 4.90 Å². The molecule has 0 radical (unpaired) electrons. The van der Waals surface area contributed by atoms with E-state index in [0.717, 1.165) is 26.2 Å². The molecule has 102 valence electrons. The topological polar surface area (TPSA) is 64.1 Å². The van der Waals surface area contributed by atoms with E-state index in [9.17, 15) is 9.59 Å². The Balaban J connectivity index is 1.92. The number of carboxylic acids is 1. The van der Waals surface area contributed by atoms with Gasteiger partial charge in [-0.15, -0.1) is 0 Å². The fraction of sp³-hybridized carbons (Fsp3) is 0.833. The average molecular weight is 255 g/mol. The predicted octanol–water partition coefficient (Wildman–Crippen LogP) is 0.00630. The molecule has 2 fully saturated rings. The van der Waals surface area contributed by atoms with Crippen LogP contribution in [-0.4, -0.2) is 78.1 Å². The molecule has 0 saturated carbocycles. The molecule has 1 N–H and O–H groups in total. The highest BCUT2D eigenvalue weighted by molar-refractivity contribution is 5.77.